The van der Waals surface area contributed by atoms with Crippen LogP contribution in [0.4, 0.5) is 4.39 Å². The standard InChI is InChI=1S/C30H35ClFNO4S/c1-28-9-8-20(34)11-23(28)24(32)12-21-22-10-18-15-33(14-17-4-6-19(31)7-5-17)37-30(18,26(36)16-38-3)29(22,2)13-25(35)27(21)28/h4-9,11,18,21-22,24-25,27,35H,10,12-16H2,1-3H3/t18-,21?,22?,24-,25?,27?,28?,29?,30-/m0/s1. The van der Waals surface area contributed by atoms with Gasteiger partial charge in [-0.05, 0) is 72.8 Å². The van der Waals surface area contributed by atoms with Crippen LogP contribution in [0.15, 0.2) is 48.1 Å². The maximum Gasteiger partial charge on any atom is 0.178 e. The summed E-state index contributed by atoms with van der Waals surface area (Å²) in [5.41, 5.74) is -0.866. The van der Waals surface area contributed by atoms with Crippen LogP contribution in [0.25, 0.3) is 0 Å². The van der Waals surface area contributed by atoms with Crippen molar-refractivity contribution in [3.63, 3.8) is 0 Å². The molecule has 6 rings (SSSR count). The normalized spacial score (nSPS) is 43.7. The molecule has 1 N–H and O–H groups in total. The Labute approximate surface area is 232 Å². The van der Waals surface area contributed by atoms with Crippen molar-refractivity contribution in [1.29, 1.82) is 0 Å². The van der Waals surface area contributed by atoms with Crippen LogP contribution in [0.3, 0.4) is 0 Å². The molecular weight excluding hydrogens is 525 g/mol. The Morgan fingerprint density at radius 2 is 2.00 bits per heavy atom. The van der Waals surface area contributed by atoms with Gasteiger partial charge in [0, 0.05) is 40.8 Å². The number of aliphatic hydroxyl groups excluding tert-OH is 1. The molecule has 0 spiro atoms. The zero-order valence-electron chi connectivity index (χ0n) is 22.0. The van der Waals surface area contributed by atoms with Gasteiger partial charge in [0.25, 0.3) is 0 Å². The smallest absolute Gasteiger partial charge is 0.178 e. The number of nitrogens with zero attached hydrogens (tertiary/aromatic N) is 1. The summed E-state index contributed by atoms with van der Waals surface area (Å²) in [6.45, 7) is 5.21. The second-order valence-electron chi connectivity index (χ2n) is 12.4. The average Bonchev–Trinajstić information content (AvgIpc) is 3.34. The zero-order valence-corrected chi connectivity index (χ0v) is 23.6. The van der Waals surface area contributed by atoms with E-state index in [-0.39, 0.29) is 41.7 Å². The Balaban J connectivity index is 1.37. The fraction of sp³-hybridized carbons (Fsp3) is 0.600. The van der Waals surface area contributed by atoms with Gasteiger partial charge in [0.15, 0.2) is 17.2 Å². The average molecular weight is 560 g/mol. The predicted octanol–water partition coefficient (Wildman–Crippen LogP) is 5.21. The minimum atomic E-state index is -1.25. The Hall–Kier alpha value is -1.51. The minimum Gasteiger partial charge on any atom is -0.393 e. The SMILES string of the molecule is CSCC(=O)[C@@]12ON(Cc3ccc(Cl)cc3)C[C@@H]1CC1C3C[C@H](F)C4=CC(=O)C=CC4(C)C3C(O)CC12C. The second kappa shape index (κ2) is 9.27. The van der Waals surface area contributed by atoms with E-state index in [1.54, 1.807) is 0 Å². The van der Waals surface area contributed by atoms with Gasteiger partial charge in [0.1, 0.15) is 6.17 Å². The largest absolute Gasteiger partial charge is 0.393 e. The van der Waals surface area contributed by atoms with Gasteiger partial charge in [-0.3, -0.25) is 14.4 Å². The van der Waals surface area contributed by atoms with Gasteiger partial charge in [-0.25, -0.2) is 4.39 Å². The summed E-state index contributed by atoms with van der Waals surface area (Å²) in [5.74, 6) is -0.129. The number of fused-ring (bicyclic) bond motifs is 7. The summed E-state index contributed by atoms with van der Waals surface area (Å²) in [4.78, 5) is 32.9. The van der Waals surface area contributed by atoms with Crippen molar-refractivity contribution in [2.75, 3.05) is 18.6 Å². The molecule has 0 amide bonds. The van der Waals surface area contributed by atoms with Crippen molar-refractivity contribution in [2.24, 2.45) is 34.5 Å². The van der Waals surface area contributed by atoms with Gasteiger partial charge in [0.05, 0.1) is 11.9 Å². The van der Waals surface area contributed by atoms with Crippen molar-refractivity contribution in [3.8, 4) is 0 Å². The fourth-order valence-corrected chi connectivity index (χ4v) is 9.68. The van der Waals surface area contributed by atoms with E-state index in [2.05, 4.69) is 6.92 Å². The van der Waals surface area contributed by atoms with Crippen LogP contribution in [0, 0.1) is 34.5 Å². The molecule has 3 saturated carbocycles. The molecule has 5 aliphatic rings. The second-order valence-corrected chi connectivity index (χ2v) is 13.7. The van der Waals surface area contributed by atoms with Crippen molar-refractivity contribution in [3.05, 3.63) is 58.7 Å². The fourth-order valence-electron chi connectivity index (χ4n) is 9.08. The number of halogens is 2. The number of allylic oxidation sites excluding steroid dienone is 4. The van der Waals surface area contributed by atoms with Gasteiger partial charge in [-0.15, -0.1) is 0 Å². The molecule has 5 nitrogen and oxygen atoms in total. The highest BCUT2D eigenvalue weighted by Crippen LogP contribution is 2.70. The maximum atomic E-state index is 15.8. The lowest BCUT2D eigenvalue weighted by molar-refractivity contribution is -0.253. The summed E-state index contributed by atoms with van der Waals surface area (Å²) in [6.07, 6.45) is 6.13. The van der Waals surface area contributed by atoms with Gasteiger partial charge in [-0.2, -0.15) is 16.8 Å². The lowest BCUT2D eigenvalue weighted by Gasteiger charge is -2.60. The molecule has 8 heteroatoms. The highest BCUT2D eigenvalue weighted by Gasteiger charge is 2.75. The first-order valence-electron chi connectivity index (χ1n) is 13.5. The van der Waals surface area contributed by atoms with Crippen molar-refractivity contribution in [1.82, 2.24) is 5.06 Å². The molecule has 38 heavy (non-hydrogen) atoms. The molecule has 0 bridgehead atoms. The molecular formula is C30H35ClFNO4S. The first-order chi connectivity index (χ1) is 18.0. The number of alkyl halides is 1. The number of carbonyl (C=O) groups excluding carboxylic acids is 2. The van der Waals surface area contributed by atoms with E-state index >= 15 is 4.39 Å². The van der Waals surface area contributed by atoms with Crippen LogP contribution in [0.2, 0.25) is 5.02 Å². The molecule has 1 aromatic carbocycles. The van der Waals surface area contributed by atoms with Crippen LogP contribution < -0.4 is 0 Å². The van der Waals surface area contributed by atoms with Crippen LogP contribution >= 0.6 is 23.4 Å². The number of benzene rings is 1. The van der Waals surface area contributed by atoms with E-state index in [0.717, 1.165) is 12.0 Å². The van der Waals surface area contributed by atoms with Gasteiger partial charge >= 0.3 is 0 Å². The third-order valence-corrected chi connectivity index (χ3v) is 11.3. The van der Waals surface area contributed by atoms with Crippen LogP contribution in [-0.2, 0) is 21.0 Å². The first kappa shape index (κ1) is 26.7. The number of carbonyl (C=O) groups is 2. The molecule has 1 aliphatic heterocycles. The Bertz CT molecular complexity index is 1220. The molecule has 1 heterocycles. The number of thioether (sulfide) groups is 1. The highest BCUT2D eigenvalue weighted by molar-refractivity contribution is 7.99. The summed E-state index contributed by atoms with van der Waals surface area (Å²) in [6, 6.07) is 7.63. The Morgan fingerprint density at radius 3 is 2.71 bits per heavy atom. The summed E-state index contributed by atoms with van der Waals surface area (Å²) >= 11 is 7.56. The monoisotopic (exact) mass is 559 g/mol. The van der Waals surface area contributed by atoms with Crippen molar-refractivity contribution in [2.45, 2.75) is 57.5 Å². The molecule has 204 valence electrons. The van der Waals surface area contributed by atoms with Gasteiger partial charge in [-0.1, -0.05) is 43.7 Å². The van der Waals surface area contributed by atoms with E-state index < -0.39 is 28.7 Å². The molecule has 6 unspecified atom stereocenters. The van der Waals surface area contributed by atoms with E-state index in [1.807, 2.05) is 48.6 Å². The minimum absolute atomic E-state index is 0.0343. The number of Topliss-reactive ketones (excluding diaryl/α,β-unsaturated/α-hetero) is 1. The van der Waals surface area contributed by atoms with E-state index in [4.69, 9.17) is 16.4 Å². The molecule has 0 aromatic heterocycles. The lowest BCUT2D eigenvalue weighted by Crippen LogP contribution is -2.63. The van der Waals surface area contributed by atoms with Crippen LogP contribution in [0.1, 0.15) is 38.7 Å². The summed E-state index contributed by atoms with van der Waals surface area (Å²) in [5, 5.41) is 14.4. The number of rotatable bonds is 5. The highest BCUT2D eigenvalue weighted by atomic mass is 35.5. The molecule has 1 saturated heterocycles. The van der Waals surface area contributed by atoms with Crippen LogP contribution in [-0.4, -0.2) is 58.2 Å². The number of hydrogen-bond acceptors (Lipinski definition) is 6. The third-order valence-electron chi connectivity index (χ3n) is 10.5. The van der Waals surface area contributed by atoms with E-state index in [9.17, 15) is 14.7 Å². The first-order valence-corrected chi connectivity index (χ1v) is 15.3. The molecule has 1 aromatic rings. The van der Waals surface area contributed by atoms with Gasteiger partial charge < -0.3 is 5.11 Å². The number of hydrogen-bond donors (Lipinski definition) is 1. The van der Waals surface area contributed by atoms with Crippen LogP contribution in [0.5, 0.6) is 0 Å². The molecule has 4 aliphatic carbocycles. The predicted molar refractivity (Wildman–Crippen MR) is 146 cm³/mol. The summed E-state index contributed by atoms with van der Waals surface area (Å²) < 4.78 is 15.8. The molecule has 4 fully saturated rings. The third kappa shape index (κ3) is 3.68. The molecule has 0 radical (unpaired) electrons. The van der Waals surface area contributed by atoms with E-state index in [1.165, 1.54) is 23.9 Å². The Morgan fingerprint density at radius 1 is 1.26 bits per heavy atom. The van der Waals surface area contributed by atoms with Crippen molar-refractivity contribution >= 4 is 34.9 Å². The molecule has 9 atom stereocenters. The zero-order chi connectivity index (χ0) is 27.0. The number of hydroxylamine groups is 2. The van der Waals surface area contributed by atoms with E-state index in [0.29, 0.717) is 35.9 Å². The summed E-state index contributed by atoms with van der Waals surface area (Å²) in [7, 11) is 0. The number of ketones is 2. The number of aliphatic hydroxyl groups is 1. The van der Waals surface area contributed by atoms with Gasteiger partial charge in [0.2, 0.25) is 0 Å². The maximum absolute atomic E-state index is 15.8. The quantitative estimate of drug-likeness (QED) is 0.534. The lowest BCUT2D eigenvalue weighted by atomic mass is 9.46. The topological polar surface area (TPSA) is 66.8 Å². The Kier molecular flexibility index (Phi) is 6.51. The van der Waals surface area contributed by atoms with Crippen molar-refractivity contribution < 1.29 is 23.9 Å².